The van der Waals surface area contributed by atoms with Gasteiger partial charge in [0.2, 0.25) is 0 Å². The van der Waals surface area contributed by atoms with Gasteiger partial charge >= 0.3 is 0 Å². The van der Waals surface area contributed by atoms with Crippen LogP contribution in [0.3, 0.4) is 0 Å². The van der Waals surface area contributed by atoms with Crippen LogP contribution in [0.1, 0.15) is 11.9 Å². The van der Waals surface area contributed by atoms with Gasteiger partial charge in [-0.3, -0.25) is 0 Å². The van der Waals surface area contributed by atoms with Gasteiger partial charge in [0.15, 0.2) is 23.4 Å². The van der Waals surface area contributed by atoms with E-state index in [0.29, 0.717) is 6.61 Å². The molecular weight excluding hydrogens is 328 g/mol. The molecule has 0 saturated carbocycles. The van der Waals surface area contributed by atoms with Gasteiger partial charge in [0.25, 0.3) is 0 Å². The van der Waals surface area contributed by atoms with E-state index in [2.05, 4.69) is 20.6 Å². The Labute approximate surface area is 150 Å². The molecule has 6 nitrogen and oxygen atoms in total. The van der Waals surface area contributed by atoms with E-state index in [1.54, 1.807) is 12.5 Å². The molecule has 0 N–H and O–H groups in total. The summed E-state index contributed by atoms with van der Waals surface area (Å²) in [7, 11) is 2.00. The summed E-state index contributed by atoms with van der Waals surface area (Å²) in [6, 6.07) is 15.7. The number of nitrogens with zero attached hydrogens (tertiary/aromatic N) is 4. The Bertz CT molecular complexity index is 1090. The summed E-state index contributed by atoms with van der Waals surface area (Å²) in [5, 5.41) is 0. The minimum absolute atomic E-state index is 0.246. The van der Waals surface area contributed by atoms with Crippen molar-refractivity contribution in [3.05, 3.63) is 66.9 Å². The van der Waals surface area contributed by atoms with Crippen LogP contribution in [-0.2, 0) is 7.05 Å². The first-order valence-electron chi connectivity index (χ1n) is 8.41. The average Bonchev–Trinajstić information content (AvgIpc) is 3.04. The molecule has 1 aliphatic heterocycles. The molecule has 1 atom stereocenters. The molecule has 2 aromatic carbocycles. The third kappa shape index (κ3) is 2.38. The van der Waals surface area contributed by atoms with Crippen molar-refractivity contribution in [2.24, 2.45) is 7.05 Å². The van der Waals surface area contributed by atoms with E-state index >= 15 is 0 Å². The average molecular weight is 344 g/mol. The zero-order valence-electron chi connectivity index (χ0n) is 14.2. The Morgan fingerprint density at radius 1 is 1.08 bits per heavy atom. The van der Waals surface area contributed by atoms with Crippen molar-refractivity contribution in [1.82, 2.24) is 19.5 Å². The number of para-hydroxylation sites is 2. The van der Waals surface area contributed by atoms with Gasteiger partial charge in [0, 0.05) is 18.8 Å². The summed E-state index contributed by atoms with van der Waals surface area (Å²) < 4.78 is 14.0. The Morgan fingerprint density at radius 3 is 2.81 bits per heavy atom. The fourth-order valence-corrected chi connectivity index (χ4v) is 3.26. The lowest BCUT2D eigenvalue weighted by Gasteiger charge is -2.25. The summed E-state index contributed by atoms with van der Waals surface area (Å²) in [4.78, 5) is 13.1. The minimum atomic E-state index is -0.246. The van der Waals surface area contributed by atoms with Gasteiger partial charge in [-0.05, 0) is 30.3 Å². The molecule has 0 amide bonds. The van der Waals surface area contributed by atoms with E-state index in [9.17, 15) is 0 Å². The van der Waals surface area contributed by atoms with E-state index in [0.717, 1.165) is 39.6 Å². The van der Waals surface area contributed by atoms with Gasteiger partial charge in [-0.25, -0.2) is 15.0 Å². The molecule has 3 heterocycles. The maximum Gasteiger partial charge on any atom is 0.190 e. The summed E-state index contributed by atoms with van der Waals surface area (Å²) >= 11 is 0. The molecule has 26 heavy (non-hydrogen) atoms. The van der Waals surface area contributed by atoms with E-state index in [4.69, 9.17) is 14.5 Å². The lowest BCUT2D eigenvalue weighted by molar-refractivity contribution is 0.0835. The number of ether oxygens (including phenoxy) is 2. The Hall–Kier alpha value is -3.41. The fraction of sp³-hybridized carbons (Fsp3) is 0.150. The Kier molecular flexibility index (Phi) is 3.35. The standard InChI is InChI=1S/C20H16N4O2/c1-24-16-10-13(14-8-9-21-12-22-14)6-7-15(16)23-20(24)19-11-25-17-4-2-3-5-18(17)26-19/h2-10,12,19H,11H2,1H3. The zero-order chi connectivity index (χ0) is 17.5. The number of aromatic nitrogens is 4. The minimum Gasteiger partial charge on any atom is -0.485 e. The molecule has 0 radical (unpaired) electrons. The van der Waals surface area contributed by atoms with E-state index in [1.165, 1.54) is 0 Å². The molecule has 0 spiro atoms. The van der Waals surface area contributed by atoms with Crippen LogP contribution >= 0.6 is 0 Å². The van der Waals surface area contributed by atoms with E-state index in [-0.39, 0.29) is 6.10 Å². The zero-order valence-corrected chi connectivity index (χ0v) is 14.2. The quantitative estimate of drug-likeness (QED) is 0.556. The van der Waals surface area contributed by atoms with Crippen molar-refractivity contribution >= 4 is 11.0 Å². The number of aryl methyl sites for hydroxylation is 1. The highest BCUT2D eigenvalue weighted by Gasteiger charge is 2.26. The van der Waals surface area contributed by atoms with Gasteiger partial charge in [-0.1, -0.05) is 18.2 Å². The van der Waals surface area contributed by atoms with Crippen molar-refractivity contribution in [1.29, 1.82) is 0 Å². The summed E-state index contributed by atoms with van der Waals surface area (Å²) in [5.41, 5.74) is 3.86. The molecule has 0 saturated heterocycles. The Balaban J connectivity index is 1.55. The van der Waals surface area contributed by atoms with Crippen molar-refractivity contribution in [2.75, 3.05) is 6.61 Å². The lowest BCUT2D eigenvalue weighted by Crippen LogP contribution is -2.24. The van der Waals surface area contributed by atoms with Crippen molar-refractivity contribution in [3.8, 4) is 22.8 Å². The first kappa shape index (κ1) is 14.9. The normalized spacial score (nSPS) is 16.0. The van der Waals surface area contributed by atoms with Crippen molar-refractivity contribution in [2.45, 2.75) is 6.10 Å². The number of rotatable bonds is 2. The number of hydrogen-bond donors (Lipinski definition) is 0. The largest absolute Gasteiger partial charge is 0.485 e. The molecule has 0 bridgehead atoms. The predicted octanol–water partition coefficient (Wildman–Crippen LogP) is 3.54. The van der Waals surface area contributed by atoms with Crippen LogP contribution in [0.4, 0.5) is 0 Å². The van der Waals surface area contributed by atoms with Crippen LogP contribution in [-0.4, -0.2) is 26.1 Å². The molecule has 2 aromatic heterocycles. The molecule has 1 unspecified atom stereocenters. The van der Waals surface area contributed by atoms with Crippen LogP contribution in [0.25, 0.3) is 22.3 Å². The van der Waals surface area contributed by atoms with Crippen LogP contribution in [0.5, 0.6) is 11.5 Å². The highest BCUT2D eigenvalue weighted by molar-refractivity contribution is 5.82. The second kappa shape index (κ2) is 5.84. The molecular formula is C20H16N4O2. The van der Waals surface area contributed by atoms with Gasteiger partial charge in [-0.15, -0.1) is 0 Å². The summed E-state index contributed by atoms with van der Waals surface area (Å²) in [6.07, 6.45) is 3.05. The molecule has 1 aliphatic rings. The Morgan fingerprint density at radius 2 is 1.96 bits per heavy atom. The molecule has 5 rings (SSSR count). The summed E-state index contributed by atoms with van der Waals surface area (Å²) in [5.74, 6) is 2.36. The first-order valence-corrected chi connectivity index (χ1v) is 8.41. The second-order valence-electron chi connectivity index (χ2n) is 6.19. The maximum absolute atomic E-state index is 6.11. The third-order valence-electron chi connectivity index (χ3n) is 4.59. The predicted molar refractivity (Wildman–Crippen MR) is 97.0 cm³/mol. The van der Waals surface area contributed by atoms with Gasteiger partial charge < -0.3 is 14.0 Å². The smallest absolute Gasteiger partial charge is 0.190 e. The van der Waals surface area contributed by atoms with Crippen LogP contribution in [0.15, 0.2) is 61.1 Å². The van der Waals surface area contributed by atoms with Gasteiger partial charge in [-0.2, -0.15) is 0 Å². The highest BCUT2D eigenvalue weighted by atomic mass is 16.6. The molecule has 128 valence electrons. The SMILES string of the molecule is Cn1c(C2COc3ccccc3O2)nc2ccc(-c3ccncn3)cc21. The molecule has 6 heteroatoms. The monoisotopic (exact) mass is 344 g/mol. The van der Waals surface area contributed by atoms with Gasteiger partial charge in [0.1, 0.15) is 12.9 Å². The van der Waals surface area contributed by atoms with Crippen LogP contribution in [0.2, 0.25) is 0 Å². The second-order valence-corrected chi connectivity index (χ2v) is 6.19. The summed E-state index contributed by atoms with van der Waals surface area (Å²) in [6.45, 7) is 0.437. The lowest BCUT2D eigenvalue weighted by atomic mass is 10.1. The molecule has 4 aromatic rings. The fourth-order valence-electron chi connectivity index (χ4n) is 3.26. The van der Waals surface area contributed by atoms with Crippen molar-refractivity contribution in [3.63, 3.8) is 0 Å². The van der Waals surface area contributed by atoms with Gasteiger partial charge in [0.05, 0.1) is 16.7 Å². The van der Waals surface area contributed by atoms with Crippen molar-refractivity contribution < 1.29 is 9.47 Å². The third-order valence-corrected chi connectivity index (χ3v) is 4.59. The first-order chi connectivity index (χ1) is 12.8. The molecule has 0 fully saturated rings. The molecule has 0 aliphatic carbocycles. The van der Waals surface area contributed by atoms with Crippen LogP contribution < -0.4 is 9.47 Å². The van der Waals surface area contributed by atoms with E-state index < -0.39 is 0 Å². The topological polar surface area (TPSA) is 62.1 Å². The number of fused-ring (bicyclic) bond motifs is 2. The van der Waals surface area contributed by atoms with Crippen LogP contribution in [0, 0.1) is 0 Å². The number of benzene rings is 2. The number of imidazole rings is 1. The number of hydrogen-bond acceptors (Lipinski definition) is 5. The maximum atomic E-state index is 6.11. The highest BCUT2D eigenvalue weighted by Crippen LogP contribution is 2.36. The van der Waals surface area contributed by atoms with E-state index in [1.807, 2.05) is 49.5 Å².